The maximum atomic E-state index is 13.3. The summed E-state index contributed by atoms with van der Waals surface area (Å²) in [6, 6.07) is 10.5. The van der Waals surface area contributed by atoms with Gasteiger partial charge in [-0.25, -0.2) is 9.18 Å². The molecule has 0 spiro atoms. The summed E-state index contributed by atoms with van der Waals surface area (Å²) in [5.74, 6) is -1.56. The van der Waals surface area contributed by atoms with Crippen molar-refractivity contribution in [1.29, 1.82) is 0 Å². The lowest BCUT2D eigenvalue weighted by Crippen LogP contribution is -2.02. The van der Waals surface area contributed by atoms with Crippen LogP contribution in [0.25, 0.3) is 11.6 Å². The second-order valence-electron chi connectivity index (χ2n) is 4.99. The standard InChI is InChI=1S/C18H15FO4/c1-11-9-13(3-8-17(11)19)10-16(18(21)22)14-4-6-15(7-5-14)23-12(2)20/h3-10H,1-2H3,(H,21,22)/b16-10-. The molecule has 0 fully saturated rings. The van der Waals surface area contributed by atoms with Crippen molar-refractivity contribution in [3.05, 3.63) is 65.0 Å². The molecule has 0 amide bonds. The Bertz CT molecular complexity index is 776. The molecule has 2 rings (SSSR count). The van der Waals surface area contributed by atoms with Gasteiger partial charge >= 0.3 is 11.9 Å². The molecule has 0 aliphatic rings. The van der Waals surface area contributed by atoms with Gasteiger partial charge in [-0.3, -0.25) is 4.79 Å². The molecule has 4 nitrogen and oxygen atoms in total. The van der Waals surface area contributed by atoms with E-state index in [1.807, 2.05) is 0 Å². The molecule has 23 heavy (non-hydrogen) atoms. The Morgan fingerprint density at radius 2 is 1.78 bits per heavy atom. The fourth-order valence-corrected chi connectivity index (χ4v) is 2.06. The van der Waals surface area contributed by atoms with Crippen LogP contribution in [0, 0.1) is 12.7 Å². The van der Waals surface area contributed by atoms with Crippen LogP contribution in [0.5, 0.6) is 5.75 Å². The van der Waals surface area contributed by atoms with E-state index in [1.165, 1.54) is 37.3 Å². The molecule has 0 unspecified atom stereocenters. The zero-order valence-corrected chi connectivity index (χ0v) is 12.7. The lowest BCUT2D eigenvalue weighted by atomic mass is 10.0. The van der Waals surface area contributed by atoms with E-state index >= 15 is 0 Å². The maximum Gasteiger partial charge on any atom is 0.336 e. The monoisotopic (exact) mass is 314 g/mol. The van der Waals surface area contributed by atoms with Gasteiger partial charge in [-0.15, -0.1) is 0 Å². The molecule has 5 heteroatoms. The van der Waals surface area contributed by atoms with Crippen molar-refractivity contribution >= 4 is 23.6 Å². The van der Waals surface area contributed by atoms with Crippen LogP contribution < -0.4 is 4.74 Å². The minimum absolute atomic E-state index is 0.0605. The maximum absolute atomic E-state index is 13.3. The highest BCUT2D eigenvalue weighted by Gasteiger charge is 2.11. The van der Waals surface area contributed by atoms with Gasteiger partial charge < -0.3 is 9.84 Å². The molecule has 118 valence electrons. The number of carboxylic acid groups (broad SMARTS) is 1. The molecule has 0 atom stereocenters. The first-order valence-electron chi connectivity index (χ1n) is 6.87. The fourth-order valence-electron chi connectivity index (χ4n) is 2.06. The lowest BCUT2D eigenvalue weighted by molar-refractivity contribution is -0.132. The molecule has 0 saturated heterocycles. The summed E-state index contributed by atoms with van der Waals surface area (Å²) < 4.78 is 18.2. The van der Waals surface area contributed by atoms with E-state index in [1.54, 1.807) is 25.1 Å². The minimum atomic E-state index is -1.10. The van der Waals surface area contributed by atoms with Gasteiger partial charge in [-0.1, -0.05) is 18.2 Å². The Balaban J connectivity index is 2.37. The summed E-state index contributed by atoms with van der Waals surface area (Å²) in [7, 11) is 0. The van der Waals surface area contributed by atoms with Gasteiger partial charge in [-0.2, -0.15) is 0 Å². The smallest absolute Gasteiger partial charge is 0.336 e. The number of esters is 1. The zero-order valence-electron chi connectivity index (χ0n) is 12.7. The molecule has 2 aromatic rings. The largest absolute Gasteiger partial charge is 0.478 e. The van der Waals surface area contributed by atoms with Crippen molar-refractivity contribution in [2.45, 2.75) is 13.8 Å². The quantitative estimate of drug-likeness (QED) is 0.405. The van der Waals surface area contributed by atoms with Crippen molar-refractivity contribution in [1.82, 2.24) is 0 Å². The molecule has 0 aromatic heterocycles. The van der Waals surface area contributed by atoms with Crippen molar-refractivity contribution < 1.29 is 23.8 Å². The number of hydrogen-bond donors (Lipinski definition) is 1. The second-order valence-corrected chi connectivity index (χ2v) is 4.99. The summed E-state index contributed by atoms with van der Waals surface area (Å²) in [6.45, 7) is 2.90. The van der Waals surface area contributed by atoms with Crippen molar-refractivity contribution in [2.75, 3.05) is 0 Å². The minimum Gasteiger partial charge on any atom is -0.478 e. The lowest BCUT2D eigenvalue weighted by Gasteiger charge is -2.06. The Hall–Kier alpha value is -2.95. The van der Waals surface area contributed by atoms with E-state index in [0.717, 1.165) is 0 Å². The van der Waals surface area contributed by atoms with E-state index in [-0.39, 0.29) is 11.4 Å². The molecular formula is C18H15FO4. The molecule has 0 aliphatic heterocycles. The highest BCUT2D eigenvalue weighted by molar-refractivity contribution is 6.20. The molecule has 2 aromatic carbocycles. The van der Waals surface area contributed by atoms with Crippen LogP contribution in [0.4, 0.5) is 4.39 Å². The number of carbonyl (C=O) groups is 2. The highest BCUT2D eigenvalue weighted by Crippen LogP contribution is 2.22. The second kappa shape index (κ2) is 6.87. The number of aliphatic carboxylic acids is 1. The number of carboxylic acids is 1. The first-order chi connectivity index (χ1) is 10.9. The van der Waals surface area contributed by atoms with E-state index in [2.05, 4.69) is 0 Å². The summed E-state index contributed by atoms with van der Waals surface area (Å²) >= 11 is 0. The Morgan fingerprint density at radius 1 is 1.13 bits per heavy atom. The number of hydrogen-bond acceptors (Lipinski definition) is 3. The molecule has 0 saturated carbocycles. The number of benzene rings is 2. The number of halogens is 1. The summed E-state index contributed by atoms with van der Waals surface area (Å²) in [6.07, 6.45) is 1.47. The third kappa shape index (κ3) is 4.26. The van der Waals surface area contributed by atoms with E-state index in [9.17, 15) is 19.1 Å². The molecular weight excluding hydrogens is 299 g/mol. The summed E-state index contributed by atoms with van der Waals surface area (Å²) in [5, 5.41) is 9.40. The van der Waals surface area contributed by atoms with E-state index < -0.39 is 11.9 Å². The SMILES string of the molecule is CC(=O)Oc1ccc(/C(=C/c2ccc(F)c(C)c2)C(=O)O)cc1. The molecule has 0 bridgehead atoms. The predicted molar refractivity (Wildman–Crippen MR) is 84.4 cm³/mol. The molecule has 0 aliphatic carbocycles. The predicted octanol–water partition coefficient (Wildman–Crippen LogP) is 3.68. The van der Waals surface area contributed by atoms with E-state index in [4.69, 9.17) is 4.74 Å². The third-order valence-corrected chi connectivity index (χ3v) is 3.15. The van der Waals surface area contributed by atoms with Crippen molar-refractivity contribution in [3.63, 3.8) is 0 Å². The van der Waals surface area contributed by atoms with Crippen molar-refractivity contribution in [3.8, 4) is 5.75 Å². The summed E-state index contributed by atoms with van der Waals surface area (Å²) in [5.41, 5.74) is 1.54. The van der Waals surface area contributed by atoms with E-state index in [0.29, 0.717) is 22.4 Å². The zero-order chi connectivity index (χ0) is 17.0. The van der Waals surface area contributed by atoms with Gasteiger partial charge in [0.1, 0.15) is 11.6 Å². The molecule has 0 heterocycles. The molecule has 0 radical (unpaired) electrons. The summed E-state index contributed by atoms with van der Waals surface area (Å²) in [4.78, 5) is 22.4. The van der Waals surface area contributed by atoms with Gasteiger partial charge in [0.25, 0.3) is 0 Å². The van der Waals surface area contributed by atoms with Crippen LogP contribution >= 0.6 is 0 Å². The topological polar surface area (TPSA) is 63.6 Å². The van der Waals surface area contributed by atoms with Crippen LogP contribution in [-0.4, -0.2) is 17.0 Å². The Kier molecular flexibility index (Phi) is 4.91. The highest BCUT2D eigenvalue weighted by atomic mass is 19.1. The third-order valence-electron chi connectivity index (χ3n) is 3.15. The van der Waals surface area contributed by atoms with Crippen LogP contribution in [0.3, 0.4) is 0 Å². The average molecular weight is 314 g/mol. The normalized spacial score (nSPS) is 11.2. The fraction of sp³-hybridized carbons (Fsp3) is 0.111. The average Bonchev–Trinajstić information content (AvgIpc) is 2.48. The number of ether oxygens (including phenoxy) is 1. The first-order valence-corrected chi connectivity index (χ1v) is 6.87. The van der Waals surface area contributed by atoms with Gasteiger partial charge in [0, 0.05) is 6.92 Å². The number of rotatable bonds is 4. The first kappa shape index (κ1) is 16.4. The van der Waals surface area contributed by atoms with Crippen LogP contribution in [0.1, 0.15) is 23.6 Å². The molecule has 1 N–H and O–H groups in total. The Morgan fingerprint density at radius 3 is 2.30 bits per heavy atom. The number of carbonyl (C=O) groups excluding carboxylic acids is 1. The van der Waals surface area contributed by atoms with Crippen molar-refractivity contribution in [2.24, 2.45) is 0 Å². The van der Waals surface area contributed by atoms with Crippen LogP contribution in [0.2, 0.25) is 0 Å². The van der Waals surface area contributed by atoms with Gasteiger partial charge in [0.05, 0.1) is 5.57 Å². The number of aryl methyl sites for hydroxylation is 1. The van der Waals surface area contributed by atoms with Crippen LogP contribution in [-0.2, 0) is 9.59 Å². The Labute approximate surface area is 132 Å². The van der Waals surface area contributed by atoms with Gasteiger partial charge in [0.15, 0.2) is 0 Å². The van der Waals surface area contributed by atoms with Crippen LogP contribution in [0.15, 0.2) is 42.5 Å². The van der Waals surface area contributed by atoms with Gasteiger partial charge in [-0.05, 0) is 54.0 Å². The van der Waals surface area contributed by atoms with Gasteiger partial charge in [0.2, 0.25) is 0 Å².